The van der Waals surface area contributed by atoms with Crippen LogP contribution in [0.2, 0.25) is 0 Å². The largest absolute Gasteiger partial charge is 0.416 e. The molecule has 0 unspecified atom stereocenters. The van der Waals surface area contributed by atoms with E-state index < -0.39 is 11.7 Å². The van der Waals surface area contributed by atoms with Crippen molar-refractivity contribution in [3.05, 3.63) is 41.3 Å². The highest BCUT2D eigenvalue weighted by Gasteiger charge is 2.31. The lowest BCUT2D eigenvalue weighted by molar-refractivity contribution is -0.137. The number of halogens is 3. The molecule has 0 aliphatic heterocycles. The van der Waals surface area contributed by atoms with Crippen molar-refractivity contribution in [2.24, 2.45) is 0 Å². The Kier molecular flexibility index (Phi) is 2.65. The minimum Gasteiger partial charge on any atom is -0.237 e. The fourth-order valence-electron chi connectivity index (χ4n) is 1.57. The monoisotopic (exact) mass is 241 g/mol. The van der Waals surface area contributed by atoms with E-state index in [4.69, 9.17) is 0 Å². The lowest BCUT2D eigenvalue weighted by atomic mass is 10.2. The van der Waals surface area contributed by atoms with E-state index >= 15 is 0 Å². The molecule has 0 aliphatic rings. The Hall–Kier alpha value is -1.85. The zero-order valence-corrected chi connectivity index (χ0v) is 9.28. The Balaban J connectivity index is 2.50. The molecule has 0 fully saturated rings. The van der Waals surface area contributed by atoms with Crippen molar-refractivity contribution in [1.82, 2.24) is 14.8 Å². The van der Waals surface area contributed by atoms with Gasteiger partial charge in [0.15, 0.2) is 5.82 Å². The van der Waals surface area contributed by atoms with Gasteiger partial charge in [-0.3, -0.25) is 0 Å². The molecule has 17 heavy (non-hydrogen) atoms. The molecule has 0 saturated carbocycles. The molecule has 2 aromatic heterocycles. The molecule has 2 heterocycles. The number of aromatic nitrogens is 3. The molecule has 90 valence electrons. The van der Waals surface area contributed by atoms with Gasteiger partial charge in [-0.2, -0.15) is 18.3 Å². The molecule has 2 aromatic rings. The van der Waals surface area contributed by atoms with Gasteiger partial charge in [0.1, 0.15) is 0 Å². The van der Waals surface area contributed by atoms with Gasteiger partial charge >= 0.3 is 6.18 Å². The molecule has 6 heteroatoms. The predicted octanol–water partition coefficient (Wildman–Crippen LogP) is 2.90. The Morgan fingerprint density at radius 1 is 1.18 bits per heavy atom. The molecule has 0 spiro atoms. The van der Waals surface area contributed by atoms with Crippen molar-refractivity contribution in [3.63, 3.8) is 0 Å². The highest BCUT2D eigenvalue weighted by atomic mass is 19.4. The predicted molar refractivity (Wildman–Crippen MR) is 55.8 cm³/mol. The van der Waals surface area contributed by atoms with E-state index in [-0.39, 0.29) is 5.82 Å². The van der Waals surface area contributed by atoms with Gasteiger partial charge in [0.05, 0.1) is 11.3 Å². The number of alkyl halides is 3. The summed E-state index contributed by atoms with van der Waals surface area (Å²) in [5, 5.41) is 4.09. The summed E-state index contributed by atoms with van der Waals surface area (Å²) in [4.78, 5) is 3.90. The number of aryl methyl sites for hydroxylation is 2. The van der Waals surface area contributed by atoms with Crippen molar-refractivity contribution in [2.45, 2.75) is 20.0 Å². The summed E-state index contributed by atoms with van der Waals surface area (Å²) in [5.41, 5.74) is 0.756. The molecule has 0 radical (unpaired) electrons. The molecule has 0 amide bonds. The topological polar surface area (TPSA) is 30.7 Å². The van der Waals surface area contributed by atoms with E-state index in [2.05, 4.69) is 10.1 Å². The minimum atomic E-state index is -4.37. The molecule has 0 atom stereocenters. The van der Waals surface area contributed by atoms with Crippen LogP contribution >= 0.6 is 0 Å². The number of pyridine rings is 1. The zero-order chi connectivity index (χ0) is 12.6. The fraction of sp³-hybridized carbons (Fsp3) is 0.273. The van der Waals surface area contributed by atoms with E-state index in [9.17, 15) is 13.2 Å². The molecular formula is C11H10F3N3. The summed E-state index contributed by atoms with van der Waals surface area (Å²) < 4.78 is 39.0. The van der Waals surface area contributed by atoms with Gasteiger partial charge < -0.3 is 0 Å². The zero-order valence-electron chi connectivity index (χ0n) is 9.28. The first-order valence-electron chi connectivity index (χ1n) is 4.95. The first-order chi connectivity index (χ1) is 7.88. The second-order valence-corrected chi connectivity index (χ2v) is 3.74. The summed E-state index contributed by atoms with van der Waals surface area (Å²) in [6.45, 7) is 3.54. The number of hydrogen-bond donors (Lipinski definition) is 0. The van der Waals surface area contributed by atoms with E-state index in [0.717, 1.165) is 29.7 Å². The van der Waals surface area contributed by atoms with E-state index in [1.807, 2.05) is 0 Å². The maximum atomic E-state index is 12.5. The van der Waals surface area contributed by atoms with Gasteiger partial charge in [-0.15, -0.1) is 0 Å². The number of rotatable bonds is 1. The third kappa shape index (κ3) is 2.30. The van der Waals surface area contributed by atoms with Crippen molar-refractivity contribution >= 4 is 0 Å². The molecule has 0 saturated heterocycles. The normalized spacial score (nSPS) is 11.8. The van der Waals surface area contributed by atoms with Crippen LogP contribution in [-0.4, -0.2) is 14.8 Å². The van der Waals surface area contributed by atoms with Gasteiger partial charge in [0, 0.05) is 11.9 Å². The maximum absolute atomic E-state index is 12.5. The standard InChI is InChI=1S/C11H10F3N3/c1-7-5-8(2)17(16-7)10-6-9(3-4-15-10)11(12,13)14/h3-6H,1-2H3. The lowest BCUT2D eigenvalue weighted by Gasteiger charge is -2.08. The number of nitrogens with zero attached hydrogens (tertiary/aromatic N) is 3. The van der Waals surface area contributed by atoms with Crippen LogP contribution in [0.15, 0.2) is 24.4 Å². The highest BCUT2D eigenvalue weighted by Crippen LogP contribution is 2.29. The molecule has 3 nitrogen and oxygen atoms in total. The molecule has 0 bridgehead atoms. The van der Waals surface area contributed by atoms with Gasteiger partial charge in [-0.1, -0.05) is 0 Å². The maximum Gasteiger partial charge on any atom is 0.416 e. The van der Waals surface area contributed by atoms with Gasteiger partial charge in [0.2, 0.25) is 0 Å². The number of hydrogen-bond acceptors (Lipinski definition) is 2. The van der Waals surface area contributed by atoms with Crippen LogP contribution in [0.25, 0.3) is 5.82 Å². The van der Waals surface area contributed by atoms with Gasteiger partial charge in [-0.05, 0) is 32.0 Å². The first-order valence-corrected chi connectivity index (χ1v) is 4.95. The molecule has 0 aromatic carbocycles. The van der Waals surface area contributed by atoms with Crippen molar-refractivity contribution in [2.75, 3.05) is 0 Å². The molecule has 0 aliphatic carbocycles. The van der Waals surface area contributed by atoms with E-state index in [0.29, 0.717) is 0 Å². The van der Waals surface area contributed by atoms with Crippen LogP contribution in [0.1, 0.15) is 17.0 Å². The average molecular weight is 241 g/mol. The van der Waals surface area contributed by atoms with E-state index in [1.54, 1.807) is 19.9 Å². The first kappa shape index (κ1) is 11.6. The Labute approximate surface area is 95.9 Å². The minimum absolute atomic E-state index is 0.172. The second kappa shape index (κ2) is 3.87. The Bertz CT molecular complexity index is 543. The van der Waals surface area contributed by atoms with Crippen molar-refractivity contribution in [1.29, 1.82) is 0 Å². The lowest BCUT2D eigenvalue weighted by Crippen LogP contribution is -2.08. The van der Waals surface area contributed by atoms with Crippen LogP contribution < -0.4 is 0 Å². The summed E-state index contributed by atoms with van der Waals surface area (Å²) in [5.74, 6) is 0.172. The van der Waals surface area contributed by atoms with Crippen LogP contribution in [0.3, 0.4) is 0 Å². The third-order valence-corrected chi connectivity index (χ3v) is 2.30. The highest BCUT2D eigenvalue weighted by molar-refractivity contribution is 5.31. The molecule has 0 N–H and O–H groups in total. The smallest absolute Gasteiger partial charge is 0.237 e. The Morgan fingerprint density at radius 2 is 1.88 bits per heavy atom. The van der Waals surface area contributed by atoms with Gasteiger partial charge in [-0.25, -0.2) is 9.67 Å². The quantitative estimate of drug-likeness (QED) is 0.768. The van der Waals surface area contributed by atoms with Crippen molar-refractivity contribution < 1.29 is 13.2 Å². The van der Waals surface area contributed by atoms with Crippen molar-refractivity contribution in [3.8, 4) is 5.82 Å². The second-order valence-electron chi connectivity index (χ2n) is 3.74. The summed E-state index contributed by atoms with van der Waals surface area (Å²) in [7, 11) is 0. The summed E-state index contributed by atoms with van der Waals surface area (Å²) in [6, 6.07) is 3.70. The average Bonchev–Trinajstić information content (AvgIpc) is 2.57. The van der Waals surface area contributed by atoms with Crippen LogP contribution in [0.5, 0.6) is 0 Å². The molecular weight excluding hydrogens is 231 g/mol. The van der Waals surface area contributed by atoms with E-state index in [1.165, 1.54) is 4.68 Å². The van der Waals surface area contributed by atoms with Gasteiger partial charge in [0.25, 0.3) is 0 Å². The van der Waals surface area contributed by atoms with Crippen LogP contribution in [0.4, 0.5) is 13.2 Å². The van der Waals surface area contributed by atoms with Crippen LogP contribution in [-0.2, 0) is 6.18 Å². The summed E-state index contributed by atoms with van der Waals surface area (Å²) >= 11 is 0. The Morgan fingerprint density at radius 3 is 2.41 bits per heavy atom. The SMILES string of the molecule is Cc1cc(C)n(-c2cc(C(F)(F)F)ccn2)n1. The molecule has 2 rings (SSSR count). The van der Waals surface area contributed by atoms with Crippen LogP contribution in [0, 0.1) is 13.8 Å². The third-order valence-electron chi connectivity index (χ3n) is 2.30. The summed E-state index contributed by atoms with van der Waals surface area (Å²) in [6.07, 6.45) is -3.23. The fourth-order valence-corrected chi connectivity index (χ4v) is 1.57.